The number of benzene rings is 2. The molecule has 1 N–H and O–H groups in total. The molecule has 0 aliphatic carbocycles. The van der Waals surface area contributed by atoms with Crippen molar-refractivity contribution in [3.05, 3.63) is 57.7 Å². The number of hydrogen-bond acceptors (Lipinski definition) is 2. The highest BCUT2D eigenvalue weighted by atomic mass is 127. The van der Waals surface area contributed by atoms with Gasteiger partial charge in [0.15, 0.2) is 0 Å². The molecule has 0 aromatic heterocycles. The molecular formula is C18H21IN2. The molecule has 1 saturated heterocycles. The first-order chi connectivity index (χ1) is 10.2. The van der Waals surface area contributed by atoms with Gasteiger partial charge in [-0.2, -0.15) is 0 Å². The van der Waals surface area contributed by atoms with E-state index in [4.69, 9.17) is 0 Å². The summed E-state index contributed by atoms with van der Waals surface area (Å²) >= 11 is 2.35. The molecule has 2 aromatic carbocycles. The van der Waals surface area contributed by atoms with Gasteiger partial charge in [0.2, 0.25) is 0 Å². The molecule has 3 heteroatoms. The van der Waals surface area contributed by atoms with Crippen molar-refractivity contribution < 1.29 is 0 Å². The molecule has 1 fully saturated rings. The second-order valence-corrected chi connectivity index (χ2v) is 6.87. The fourth-order valence-electron chi connectivity index (χ4n) is 2.90. The van der Waals surface area contributed by atoms with Gasteiger partial charge in [0.1, 0.15) is 0 Å². The quantitative estimate of drug-likeness (QED) is 0.732. The smallest absolute Gasteiger partial charge is 0.0602 e. The molecule has 1 aliphatic heterocycles. The zero-order valence-corrected chi connectivity index (χ0v) is 14.5. The number of para-hydroxylation sites is 2. The number of nitrogens with one attached hydrogen (secondary N) is 1. The van der Waals surface area contributed by atoms with Crippen molar-refractivity contribution in [1.29, 1.82) is 0 Å². The van der Waals surface area contributed by atoms with E-state index in [9.17, 15) is 0 Å². The molecule has 1 aliphatic rings. The Kier molecular flexibility index (Phi) is 4.68. The van der Waals surface area contributed by atoms with Crippen molar-refractivity contribution >= 4 is 34.0 Å². The Morgan fingerprint density at radius 3 is 2.38 bits per heavy atom. The summed E-state index contributed by atoms with van der Waals surface area (Å²) in [5.41, 5.74) is 3.91. The van der Waals surface area contributed by atoms with Gasteiger partial charge < -0.3 is 10.2 Å². The lowest BCUT2D eigenvalue weighted by Gasteiger charge is -2.24. The first kappa shape index (κ1) is 14.7. The molecule has 110 valence electrons. The van der Waals surface area contributed by atoms with Gasteiger partial charge in [-0.05, 0) is 72.2 Å². The average molecular weight is 392 g/mol. The van der Waals surface area contributed by atoms with Gasteiger partial charge in [-0.25, -0.2) is 0 Å². The lowest BCUT2D eigenvalue weighted by molar-refractivity contribution is 0.878. The molecule has 0 amide bonds. The first-order valence-corrected chi connectivity index (χ1v) is 8.68. The van der Waals surface area contributed by atoms with Crippen molar-refractivity contribution in [1.82, 2.24) is 0 Å². The van der Waals surface area contributed by atoms with E-state index >= 15 is 0 Å². The molecule has 21 heavy (non-hydrogen) atoms. The predicted molar refractivity (Wildman–Crippen MR) is 99.1 cm³/mol. The van der Waals surface area contributed by atoms with Crippen LogP contribution in [0.25, 0.3) is 0 Å². The van der Waals surface area contributed by atoms with Gasteiger partial charge in [-0.15, -0.1) is 0 Å². The van der Waals surface area contributed by atoms with Crippen LogP contribution in [0.1, 0.15) is 31.4 Å². The summed E-state index contributed by atoms with van der Waals surface area (Å²) in [5.74, 6) is 0. The van der Waals surface area contributed by atoms with Gasteiger partial charge in [0.25, 0.3) is 0 Å². The van der Waals surface area contributed by atoms with Crippen LogP contribution < -0.4 is 10.2 Å². The van der Waals surface area contributed by atoms with Gasteiger partial charge >= 0.3 is 0 Å². The van der Waals surface area contributed by atoms with Crippen molar-refractivity contribution in [3.8, 4) is 0 Å². The SMILES string of the molecule is CC(Nc1ccccc1N1CCCC1)c1ccc(I)cc1. The Morgan fingerprint density at radius 1 is 1.00 bits per heavy atom. The largest absolute Gasteiger partial charge is 0.377 e. The maximum atomic E-state index is 3.68. The summed E-state index contributed by atoms with van der Waals surface area (Å²) < 4.78 is 1.28. The second-order valence-electron chi connectivity index (χ2n) is 5.63. The molecule has 1 atom stereocenters. The van der Waals surface area contributed by atoms with Crippen LogP contribution in [0.3, 0.4) is 0 Å². The molecule has 0 saturated carbocycles. The predicted octanol–water partition coefficient (Wildman–Crippen LogP) is 5.06. The molecule has 0 spiro atoms. The van der Waals surface area contributed by atoms with Crippen LogP contribution in [0.2, 0.25) is 0 Å². The zero-order chi connectivity index (χ0) is 14.7. The molecule has 0 bridgehead atoms. The molecule has 1 unspecified atom stereocenters. The van der Waals surface area contributed by atoms with Gasteiger partial charge in [-0.1, -0.05) is 24.3 Å². The minimum atomic E-state index is 0.311. The van der Waals surface area contributed by atoms with Crippen LogP contribution in [0.15, 0.2) is 48.5 Å². The second kappa shape index (κ2) is 6.69. The van der Waals surface area contributed by atoms with E-state index in [1.807, 2.05) is 0 Å². The molecule has 2 nitrogen and oxygen atoms in total. The zero-order valence-electron chi connectivity index (χ0n) is 12.3. The lowest BCUT2D eigenvalue weighted by Crippen LogP contribution is -2.20. The monoisotopic (exact) mass is 392 g/mol. The highest BCUT2D eigenvalue weighted by Gasteiger charge is 2.16. The molecule has 0 radical (unpaired) electrons. The van der Waals surface area contributed by atoms with Crippen molar-refractivity contribution in [2.75, 3.05) is 23.3 Å². The van der Waals surface area contributed by atoms with Crippen LogP contribution in [0.4, 0.5) is 11.4 Å². The fraction of sp³-hybridized carbons (Fsp3) is 0.333. The summed E-state index contributed by atoms with van der Waals surface area (Å²) in [6, 6.07) is 17.7. The summed E-state index contributed by atoms with van der Waals surface area (Å²) in [5, 5.41) is 3.68. The maximum absolute atomic E-state index is 3.68. The maximum Gasteiger partial charge on any atom is 0.0602 e. The summed E-state index contributed by atoms with van der Waals surface area (Å²) in [6.07, 6.45) is 2.61. The van der Waals surface area contributed by atoms with E-state index in [1.54, 1.807) is 0 Å². The summed E-state index contributed by atoms with van der Waals surface area (Å²) in [4.78, 5) is 2.49. The minimum Gasteiger partial charge on any atom is -0.377 e. The van der Waals surface area contributed by atoms with Gasteiger partial charge in [0, 0.05) is 22.7 Å². The normalized spacial score (nSPS) is 16.0. The van der Waals surface area contributed by atoms with Crippen molar-refractivity contribution in [2.24, 2.45) is 0 Å². The Hall–Kier alpha value is -1.23. The molecule has 2 aromatic rings. The van der Waals surface area contributed by atoms with Crippen molar-refractivity contribution in [2.45, 2.75) is 25.8 Å². The highest BCUT2D eigenvalue weighted by Crippen LogP contribution is 2.31. The molecule has 1 heterocycles. The van der Waals surface area contributed by atoms with E-state index in [-0.39, 0.29) is 0 Å². The van der Waals surface area contributed by atoms with E-state index in [0.717, 1.165) is 0 Å². The number of halogens is 1. The molecular weight excluding hydrogens is 371 g/mol. The summed E-state index contributed by atoms with van der Waals surface area (Å²) in [7, 11) is 0. The number of anilines is 2. The third-order valence-corrected chi connectivity index (χ3v) is 4.81. The highest BCUT2D eigenvalue weighted by molar-refractivity contribution is 14.1. The van der Waals surface area contributed by atoms with Gasteiger partial charge in [-0.3, -0.25) is 0 Å². The third-order valence-electron chi connectivity index (χ3n) is 4.09. The van der Waals surface area contributed by atoms with E-state index < -0.39 is 0 Å². The third kappa shape index (κ3) is 3.51. The first-order valence-electron chi connectivity index (χ1n) is 7.60. The van der Waals surface area contributed by atoms with Crippen molar-refractivity contribution in [3.63, 3.8) is 0 Å². The Balaban J connectivity index is 1.79. The van der Waals surface area contributed by atoms with E-state index in [2.05, 4.69) is 88.3 Å². The molecule has 3 rings (SSSR count). The van der Waals surface area contributed by atoms with Crippen LogP contribution in [-0.4, -0.2) is 13.1 Å². The average Bonchev–Trinajstić information content (AvgIpc) is 3.02. The topological polar surface area (TPSA) is 15.3 Å². The summed E-state index contributed by atoms with van der Waals surface area (Å²) in [6.45, 7) is 4.58. The Bertz CT molecular complexity index is 588. The van der Waals surface area contributed by atoms with Gasteiger partial charge in [0.05, 0.1) is 11.4 Å². The van der Waals surface area contributed by atoms with Crippen LogP contribution >= 0.6 is 22.6 Å². The van der Waals surface area contributed by atoms with Crippen LogP contribution in [-0.2, 0) is 0 Å². The van der Waals surface area contributed by atoms with Crippen LogP contribution in [0.5, 0.6) is 0 Å². The number of hydrogen-bond donors (Lipinski definition) is 1. The van der Waals surface area contributed by atoms with E-state index in [1.165, 1.54) is 46.4 Å². The van der Waals surface area contributed by atoms with E-state index in [0.29, 0.717) is 6.04 Å². The number of rotatable bonds is 4. The lowest BCUT2D eigenvalue weighted by atomic mass is 10.1. The standard InChI is InChI=1S/C18H21IN2/c1-14(15-8-10-16(19)11-9-15)20-17-6-2-3-7-18(17)21-12-4-5-13-21/h2-3,6-11,14,20H,4-5,12-13H2,1H3. The Labute approximate surface area is 140 Å². The number of nitrogens with zero attached hydrogens (tertiary/aromatic N) is 1. The minimum absolute atomic E-state index is 0.311. The fourth-order valence-corrected chi connectivity index (χ4v) is 3.26. The van der Waals surface area contributed by atoms with Crippen LogP contribution in [0, 0.1) is 3.57 Å². The Morgan fingerprint density at radius 2 is 1.67 bits per heavy atom.